The fourth-order valence-corrected chi connectivity index (χ4v) is 4.06. The number of thioether (sulfide) groups is 1. The number of aryl methyl sites for hydroxylation is 1. The summed E-state index contributed by atoms with van der Waals surface area (Å²) in [6.45, 7) is 2.95. The third kappa shape index (κ3) is 3.44. The normalized spacial score (nSPS) is 20.2. The number of rotatable bonds is 4. The van der Waals surface area contributed by atoms with Crippen molar-refractivity contribution in [3.05, 3.63) is 57.8 Å². The summed E-state index contributed by atoms with van der Waals surface area (Å²) in [6, 6.07) is 11.2. The molecule has 2 nitrogen and oxygen atoms in total. The van der Waals surface area contributed by atoms with Crippen LogP contribution in [0.1, 0.15) is 16.7 Å². The quantitative estimate of drug-likeness (QED) is 0.927. The molecule has 1 aliphatic heterocycles. The van der Waals surface area contributed by atoms with E-state index in [4.69, 9.17) is 4.99 Å². The lowest BCUT2D eigenvalue weighted by Crippen LogP contribution is -2.29. The Labute approximate surface area is 128 Å². The molecule has 104 valence electrons. The van der Waals surface area contributed by atoms with Crippen molar-refractivity contribution in [3.8, 4) is 0 Å². The number of hydrogen-bond donors (Lipinski definition) is 1. The van der Waals surface area contributed by atoms with Crippen LogP contribution >= 0.6 is 23.1 Å². The van der Waals surface area contributed by atoms with Gasteiger partial charge in [0.25, 0.3) is 0 Å². The lowest BCUT2D eigenvalue weighted by molar-refractivity contribution is 0.686. The number of amidine groups is 1. The van der Waals surface area contributed by atoms with Crippen LogP contribution in [0.5, 0.6) is 0 Å². The van der Waals surface area contributed by atoms with Crippen molar-refractivity contribution < 1.29 is 0 Å². The molecule has 1 unspecified atom stereocenters. The molecule has 0 amide bonds. The van der Waals surface area contributed by atoms with Gasteiger partial charge in [0.2, 0.25) is 0 Å². The van der Waals surface area contributed by atoms with E-state index in [2.05, 4.69) is 53.3 Å². The molecule has 0 aliphatic carbocycles. The van der Waals surface area contributed by atoms with Crippen molar-refractivity contribution in [2.75, 3.05) is 5.75 Å². The van der Waals surface area contributed by atoms with Crippen LogP contribution < -0.4 is 5.32 Å². The Kier molecular flexibility index (Phi) is 4.43. The van der Waals surface area contributed by atoms with Crippen LogP contribution in [0.3, 0.4) is 0 Å². The summed E-state index contributed by atoms with van der Waals surface area (Å²) in [6.07, 6.45) is 1.07. The first-order chi connectivity index (χ1) is 9.81. The zero-order chi connectivity index (χ0) is 13.8. The minimum atomic E-state index is 0.504. The van der Waals surface area contributed by atoms with E-state index in [0.717, 1.165) is 23.9 Å². The van der Waals surface area contributed by atoms with Crippen LogP contribution in [0.4, 0.5) is 0 Å². The summed E-state index contributed by atoms with van der Waals surface area (Å²) >= 11 is 3.59. The van der Waals surface area contributed by atoms with Crippen molar-refractivity contribution in [2.45, 2.75) is 25.9 Å². The molecule has 1 saturated heterocycles. The molecule has 3 rings (SSSR count). The number of hydrogen-bond acceptors (Lipinski definition) is 3. The van der Waals surface area contributed by atoms with Crippen LogP contribution in [0, 0.1) is 6.92 Å². The summed E-state index contributed by atoms with van der Waals surface area (Å²) in [5.74, 6) is 1.11. The highest BCUT2D eigenvalue weighted by Crippen LogP contribution is 2.19. The lowest BCUT2D eigenvalue weighted by atomic mass is 10.1. The second-order valence-corrected chi connectivity index (χ2v) is 6.80. The van der Waals surface area contributed by atoms with E-state index in [-0.39, 0.29) is 0 Å². The molecule has 0 radical (unpaired) electrons. The first-order valence-corrected chi connectivity index (χ1v) is 8.73. The fourth-order valence-electron chi connectivity index (χ4n) is 2.24. The average molecular weight is 302 g/mol. The largest absolute Gasteiger partial charge is 0.361 e. The van der Waals surface area contributed by atoms with E-state index >= 15 is 0 Å². The Morgan fingerprint density at radius 1 is 1.25 bits per heavy atom. The average Bonchev–Trinajstić information content (AvgIpc) is 3.07. The highest BCUT2D eigenvalue weighted by Gasteiger charge is 2.20. The summed E-state index contributed by atoms with van der Waals surface area (Å²) in [5.41, 5.74) is 4.08. The molecule has 4 heteroatoms. The van der Waals surface area contributed by atoms with Gasteiger partial charge in [-0.15, -0.1) is 0 Å². The van der Waals surface area contributed by atoms with Gasteiger partial charge in [-0.25, -0.2) is 0 Å². The second-order valence-electron chi connectivity index (χ2n) is 5.04. The first kappa shape index (κ1) is 13.7. The van der Waals surface area contributed by atoms with Crippen molar-refractivity contribution in [1.29, 1.82) is 0 Å². The number of thiophene rings is 1. The molecule has 0 saturated carbocycles. The van der Waals surface area contributed by atoms with E-state index in [9.17, 15) is 0 Å². The first-order valence-electron chi connectivity index (χ1n) is 6.80. The van der Waals surface area contributed by atoms with Crippen LogP contribution in [0.15, 0.2) is 46.1 Å². The second kappa shape index (κ2) is 6.46. The van der Waals surface area contributed by atoms with Crippen LogP contribution in [0.25, 0.3) is 0 Å². The third-order valence-electron chi connectivity index (χ3n) is 3.43. The molecular formula is C16H18N2S2. The molecular weight excluding hydrogens is 284 g/mol. The van der Waals surface area contributed by atoms with Gasteiger partial charge < -0.3 is 5.32 Å². The maximum Gasteiger partial charge on any atom is 0.157 e. The highest BCUT2D eigenvalue weighted by atomic mass is 32.2. The van der Waals surface area contributed by atoms with Gasteiger partial charge in [-0.1, -0.05) is 42.1 Å². The van der Waals surface area contributed by atoms with E-state index in [0.29, 0.717) is 6.04 Å². The predicted octanol–water partition coefficient (Wildman–Crippen LogP) is 3.86. The number of aliphatic imine (C=N–C) groups is 1. The minimum Gasteiger partial charge on any atom is -0.361 e. The van der Waals surface area contributed by atoms with E-state index < -0.39 is 0 Å². The van der Waals surface area contributed by atoms with Gasteiger partial charge in [-0.05, 0) is 40.8 Å². The van der Waals surface area contributed by atoms with Crippen LogP contribution in [-0.4, -0.2) is 17.0 Å². The number of benzene rings is 1. The summed E-state index contributed by atoms with van der Waals surface area (Å²) in [4.78, 5) is 4.69. The number of nitrogens with one attached hydrogen (secondary N) is 1. The maximum absolute atomic E-state index is 4.69. The van der Waals surface area contributed by atoms with E-state index in [1.54, 1.807) is 11.3 Å². The Balaban J connectivity index is 1.55. The smallest absolute Gasteiger partial charge is 0.157 e. The Hall–Kier alpha value is -1.26. The van der Waals surface area contributed by atoms with E-state index in [1.807, 2.05) is 11.8 Å². The van der Waals surface area contributed by atoms with Crippen molar-refractivity contribution >= 4 is 28.3 Å². The van der Waals surface area contributed by atoms with Gasteiger partial charge in [0.15, 0.2) is 5.17 Å². The monoisotopic (exact) mass is 302 g/mol. The zero-order valence-electron chi connectivity index (χ0n) is 11.5. The summed E-state index contributed by atoms with van der Waals surface area (Å²) in [5, 5.41) is 9.01. The molecule has 0 spiro atoms. The third-order valence-corrected chi connectivity index (χ3v) is 5.43. The van der Waals surface area contributed by atoms with Crippen molar-refractivity contribution in [3.63, 3.8) is 0 Å². The maximum atomic E-state index is 4.69. The van der Waals surface area contributed by atoms with Gasteiger partial charge in [-0.2, -0.15) is 11.3 Å². The molecule has 1 aromatic heterocycles. The molecule has 1 N–H and O–H groups in total. The molecule has 0 bridgehead atoms. The molecule has 1 fully saturated rings. The van der Waals surface area contributed by atoms with Crippen LogP contribution in [0.2, 0.25) is 0 Å². The summed E-state index contributed by atoms with van der Waals surface area (Å²) < 4.78 is 0. The predicted molar refractivity (Wildman–Crippen MR) is 89.7 cm³/mol. The lowest BCUT2D eigenvalue weighted by Gasteiger charge is -2.09. The SMILES string of the molecule is Cc1cscc1CN=C1NC(Cc2ccccc2)CS1. The Morgan fingerprint density at radius 2 is 2.10 bits per heavy atom. The number of nitrogens with zero attached hydrogens (tertiary/aromatic N) is 1. The summed E-state index contributed by atoms with van der Waals surface area (Å²) in [7, 11) is 0. The molecule has 1 aliphatic rings. The van der Waals surface area contributed by atoms with Crippen LogP contribution in [-0.2, 0) is 13.0 Å². The highest BCUT2D eigenvalue weighted by molar-refractivity contribution is 8.14. The Morgan fingerprint density at radius 3 is 2.85 bits per heavy atom. The molecule has 1 aromatic carbocycles. The molecule has 20 heavy (non-hydrogen) atoms. The van der Waals surface area contributed by atoms with Crippen molar-refractivity contribution in [1.82, 2.24) is 5.32 Å². The van der Waals surface area contributed by atoms with Gasteiger partial charge in [-0.3, -0.25) is 4.99 Å². The van der Waals surface area contributed by atoms with E-state index in [1.165, 1.54) is 16.7 Å². The molecule has 1 atom stereocenters. The van der Waals surface area contributed by atoms with Crippen molar-refractivity contribution in [2.24, 2.45) is 4.99 Å². The topological polar surface area (TPSA) is 24.4 Å². The zero-order valence-corrected chi connectivity index (χ0v) is 13.1. The van der Waals surface area contributed by atoms with Gasteiger partial charge in [0, 0.05) is 11.8 Å². The minimum absolute atomic E-state index is 0.504. The molecule has 2 heterocycles. The standard InChI is InChI=1S/C16H18N2S2/c1-12-9-19-10-14(12)8-17-16-18-15(11-20-16)7-13-5-3-2-4-6-13/h2-6,9-10,15H,7-8,11H2,1H3,(H,17,18). The van der Waals surface area contributed by atoms with Gasteiger partial charge in [0.1, 0.15) is 0 Å². The van der Waals surface area contributed by atoms with Gasteiger partial charge >= 0.3 is 0 Å². The fraction of sp³-hybridized carbons (Fsp3) is 0.312. The van der Waals surface area contributed by atoms with Gasteiger partial charge in [0.05, 0.1) is 6.54 Å². The Bertz CT molecular complexity index is 590. The molecule has 2 aromatic rings.